The van der Waals surface area contributed by atoms with E-state index >= 15 is 0 Å². The number of methoxy groups -OCH3 is 1. The molecule has 6 nitrogen and oxygen atoms in total. The van der Waals surface area contributed by atoms with E-state index in [0.717, 1.165) is 6.29 Å². The lowest BCUT2D eigenvalue weighted by Crippen LogP contribution is -2.55. The zero-order chi connectivity index (χ0) is 14.5. The first-order valence-corrected chi connectivity index (χ1v) is 6.23. The molecule has 3 rings (SSSR count). The lowest BCUT2D eigenvalue weighted by Gasteiger charge is -2.41. The van der Waals surface area contributed by atoms with Gasteiger partial charge in [0, 0.05) is 6.54 Å². The Hall–Kier alpha value is -1.59. The summed E-state index contributed by atoms with van der Waals surface area (Å²) >= 11 is 0. The van der Waals surface area contributed by atoms with Crippen molar-refractivity contribution in [1.82, 2.24) is 4.90 Å². The van der Waals surface area contributed by atoms with E-state index in [4.69, 9.17) is 9.47 Å². The molecule has 0 aromatic carbocycles. The number of carbonyl (C=O) groups excluding carboxylic acids is 3. The van der Waals surface area contributed by atoms with Crippen LogP contribution in [0.5, 0.6) is 0 Å². The van der Waals surface area contributed by atoms with Crippen molar-refractivity contribution in [2.24, 2.45) is 5.41 Å². The fourth-order valence-electron chi connectivity index (χ4n) is 3.02. The predicted molar refractivity (Wildman–Crippen MR) is 65.4 cm³/mol. The molecule has 1 amide bonds. The Bertz CT molecular complexity index is 431. The average molecular weight is 269 g/mol. The molecule has 2 aliphatic heterocycles. The summed E-state index contributed by atoms with van der Waals surface area (Å²) in [4.78, 5) is 36.5. The van der Waals surface area contributed by atoms with Crippen molar-refractivity contribution in [3.05, 3.63) is 0 Å². The second-order valence-corrected chi connectivity index (χ2v) is 6.41. The number of hydrogen-bond donors (Lipinski definition) is 0. The minimum Gasteiger partial charge on any atom is -0.469 e. The van der Waals surface area contributed by atoms with Gasteiger partial charge >= 0.3 is 12.1 Å². The maximum atomic E-state index is 12.1. The monoisotopic (exact) mass is 269 g/mol. The third-order valence-corrected chi connectivity index (χ3v) is 3.74. The van der Waals surface area contributed by atoms with E-state index in [1.165, 1.54) is 12.0 Å². The van der Waals surface area contributed by atoms with Crippen LogP contribution >= 0.6 is 0 Å². The normalized spacial score (nSPS) is 32.5. The third-order valence-electron chi connectivity index (χ3n) is 3.74. The highest BCUT2D eigenvalue weighted by Gasteiger charge is 2.71. The molecular weight excluding hydrogens is 250 g/mol. The number of rotatable bonds is 2. The molecule has 0 radical (unpaired) electrons. The van der Waals surface area contributed by atoms with Crippen LogP contribution in [0.1, 0.15) is 33.6 Å². The molecular formula is C13H19NO5. The molecule has 3 fully saturated rings. The second kappa shape index (κ2) is 3.95. The highest BCUT2D eigenvalue weighted by atomic mass is 16.6. The first-order valence-electron chi connectivity index (χ1n) is 6.23. The maximum absolute atomic E-state index is 12.1. The first-order chi connectivity index (χ1) is 8.68. The number of fused-ring (bicyclic) bond motifs is 1. The largest absolute Gasteiger partial charge is 0.469 e. The van der Waals surface area contributed by atoms with Crippen LogP contribution in [0.25, 0.3) is 0 Å². The van der Waals surface area contributed by atoms with E-state index < -0.39 is 22.6 Å². The topological polar surface area (TPSA) is 72.9 Å². The molecule has 0 aromatic rings. The van der Waals surface area contributed by atoms with E-state index in [1.807, 2.05) is 0 Å². The van der Waals surface area contributed by atoms with Crippen LogP contribution in [-0.4, -0.2) is 48.0 Å². The van der Waals surface area contributed by atoms with Crippen molar-refractivity contribution >= 4 is 18.3 Å². The SMILES string of the molecule is COC(=O)C12CN(C(=O)OC(C)(C)C)C(C=O)(C1)C2. The van der Waals surface area contributed by atoms with Gasteiger partial charge in [0.05, 0.1) is 12.5 Å². The molecule has 2 bridgehead atoms. The van der Waals surface area contributed by atoms with Gasteiger partial charge in [0.1, 0.15) is 17.4 Å². The Labute approximate surface area is 112 Å². The fraction of sp³-hybridized carbons (Fsp3) is 0.769. The zero-order valence-electron chi connectivity index (χ0n) is 11.7. The summed E-state index contributed by atoms with van der Waals surface area (Å²) in [5, 5.41) is 0. The fourth-order valence-corrected chi connectivity index (χ4v) is 3.02. The van der Waals surface area contributed by atoms with Crippen molar-refractivity contribution in [1.29, 1.82) is 0 Å². The van der Waals surface area contributed by atoms with Gasteiger partial charge in [0.25, 0.3) is 0 Å². The predicted octanol–water partition coefficient (Wildman–Crippen LogP) is 1.13. The second-order valence-electron chi connectivity index (χ2n) is 6.41. The molecule has 106 valence electrons. The van der Waals surface area contributed by atoms with Gasteiger partial charge in [-0.3, -0.25) is 9.69 Å². The van der Waals surface area contributed by atoms with E-state index in [1.54, 1.807) is 20.8 Å². The van der Waals surface area contributed by atoms with Crippen molar-refractivity contribution in [3.63, 3.8) is 0 Å². The molecule has 2 heterocycles. The highest BCUT2D eigenvalue weighted by molar-refractivity contribution is 5.89. The number of ether oxygens (including phenoxy) is 2. The molecule has 0 aromatic heterocycles. The Morgan fingerprint density at radius 3 is 2.26 bits per heavy atom. The van der Waals surface area contributed by atoms with Crippen molar-refractivity contribution in [2.75, 3.05) is 13.7 Å². The number of esters is 1. The summed E-state index contributed by atoms with van der Waals surface area (Å²) in [7, 11) is 1.31. The van der Waals surface area contributed by atoms with Crippen LogP contribution in [0.3, 0.4) is 0 Å². The van der Waals surface area contributed by atoms with E-state index in [2.05, 4.69) is 0 Å². The molecule has 0 N–H and O–H groups in total. The molecule has 0 unspecified atom stereocenters. The minimum absolute atomic E-state index is 0.188. The number of hydrogen-bond acceptors (Lipinski definition) is 5. The maximum Gasteiger partial charge on any atom is 0.411 e. The molecule has 6 heteroatoms. The van der Waals surface area contributed by atoms with Crippen LogP contribution in [0, 0.1) is 5.41 Å². The van der Waals surface area contributed by atoms with E-state index in [-0.39, 0.29) is 12.5 Å². The van der Waals surface area contributed by atoms with Crippen LogP contribution < -0.4 is 0 Å². The number of aldehydes is 1. The highest BCUT2D eigenvalue weighted by Crippen LogP contribution is 2.59. The average Bonchev–Trinajstić information content (AvgIpc) is 2.76. The molecule has 19 heavy (non-hydrogen) atoms. The smallest absolute Gasteiger partial charge is 0.411 e. The summed E-state index contributed by atoms with van der Waals surface area (Å²) in [6, 6.07) is 0. The van der Waals surface area contributed by atoms with E-state index in [9.17, 15) is 14.4 Å². The van der Waals surface area contributed by atoms with Crippen molar-refractivity contribution in [2.45, 2.75) is 44.8 Å². The zero-order valence-corrected chi connectivity index (χ0v) is 11.7. The first kappa shape index (κ1) is 13.8. The lowest BCUT2D eigenvalue weighted by atomic mass is 9.62. The Morgan fingerprint density at radius 2 is 1.84 bits per heavy atom. The minimum atomic E-state index is -0.892. The summed E-state index contributed by atoms with van der Waals surface area (Å²) in [5.41, 5.74) is -2.25. The molecule has 3 aliphatic rings. The van der Waals surface area contributed by atoms with Gasteiger partial charge in [-0.15, -0.1) is 0 Å². The van der Waals surface area contributed by atoms with Gasteiger partial charge in [0.15, 0.2) is 0 Å². The van der Waals surface area contributed by atoms with Crippen molar-refractivity contribution in [3.8, 4) is 0 Å². The molecule has 1 saturated carbocycles. The number of nitrogens with zero attached hydrogens (tertiary/aromatic N) is 1. The summed E-state index contributed by atoms with van der Waals surface area (Å²) in [6.45, 7) is 5.46. The van der Waals surface area contributed by atoms with E-state index in [0.29, 0.717) is 12.8 Å². The van der Waals surface area contributed by atoms with Crippen LogP contribution in [0.4, 0.5) is 4.79 Å². The lowest BCUT2D eigenvalue weighted by molar-refractivity contribution is -0.157. The van der Waals surface area contributed by atoms with Gasteiger partial charge in [-0.25, -0.2) is 4.79 Å². The quantitative estimate of drug-likeness (QED) is 0.555. The van der Waals surface area contributed by atoms with Crippen LogP contribution in [-0.2, 0) is 19.1 Å². The number of amides is 1. The summed E-state index contributed by atoms with van der Waals surface area (Å²) < 4.78 is 10.0. The molecule has 0 spiro atoms. The van der Waals surface area contributed by atoms with Crippen LogP contribution in [0.15, 0.2) is 0 Å². The molecule has 0 atom stereocenters. The molecule has 2 saturated heterocycles. The van der Waals surface area contributed by atoms with Gasteiger partial charge in [-0.2, -0.15) is 0 Å². The Balaban J connectivity index is 2.18. The van der Waals surface area contributed by atoms with Gasteiger partial charge in [-0.05, 0) is 33.6 Å². The third kappa shape index (κ3) is 1.99. The summed E-state index contributed by atoms with van der Waals surface area (Å²) in [5.74, 6) is -0.365. The van der Waals surface area contributed by atoms with Gasteiger partial charge < -0.3 is 14.3 Å². The van der Waals surface area contributed by atoms with Crippen molar-refractivity contribution < 1.29 is 23.9 Å². The standard InChI is InChI=1S/C13H19NO5/c1-11(2,3)19-10(17)14-7-12(9(16)18-4)5-13(14,6-12)8-15/h8H,5-7H2,1-4H3. The van der Waals surface area contributed by atoms with Gasteiger partial charge in [0.2, 0.25) is 0 Å². The van der Waals surface area contributed by atoms with Crippen LogP contribution in [0.2, 0.25) is 0 Å². The number of carbonyl (C=O) groups is 3. The summed E-state index contributed by atoms with van der Waals surface area (Å²) in [6.07, 6.45) is 0.846. The molecule has 1 aliphatic carbocycles. The Morgan fingerprint density at radius 1 is 1.26 bits per heavy atom. The Kier molecular flexibility index (Phi) is 2.88. The van der Waals surface area contributed by atoms with Gasteiger partial charge in [-0.1, -0.05) is 0 Å².